The molecule has 2 N–H and O–H groups in total. The van der Waals surface area contributed by atoms with Gasteiger partial charge in [-0.05, 0) is 44.1 Å². The van der Waals surface area contributed by atoms with Crippen LogP contribution in [0.2, 0.25) is 5.02 Å². The minimum Gasteiger partial charge on any atom is -0.368 e. The second kappa shape index (κ2) is 9.03. The summed E-state index contributed by atoms with van der Waals surface area (Å²) in [5.74, 6) is 1.98. The normalized spacial score (nSPS) is 20.4. The number of thioether (sulfide) groups is 1. The Balaban J connectivity index is 1.07. The van der Waals surface area contributed by atoms with E-state index in [4.69, 9.17) is 16.6 Å². The molecule has 1 unspecified atom stereocenters. The van der Waals surface area contributed by atoms with E-state index in [1.165, 1.54) is 0 Å². The van der Waals surface area contributed by atoms with Gasteiger partial charge in [-0.2, -0.15) is 0 Å². The van der Waals surface area contributed by atoms with Gasteiger partial charge in [0.25, 0.3) is 11.1 Å². The summed E-state index contributed by atoms with van der Waals surface area (Å²) in [7, 11) is 0. The van der Waals surface area contributed by atoms with E-state index in [0.717, 1.165) is 77.2 Å². The van der Waals surface area contributed by atoms with Gasteiger partial charge >= 0.3 is 0 Å². The van der Waals surface area contributed by atoms with E-state index < -0.39 is 0 Å². The minimum absolute atomic E-state index is 0.0142. The summed E-state index contributed by atoms with van der Waals surface area (Å²) in [6, 6.07) is 9.23. The van der Waals surface area contributed by atoms with Crippen molar-refractivity contribution in [2.24, 2.45) is 0 Å². The van der Waals surface area contributed by atoms with E-state index >= 15 is 0 Å². The van der Waals surface area contributed by atoms with E-state index in [1.54, 1.807) is 28.5 Å². The minimum atomic E-state index is -0.0412. The van der Waals surface area contributed by atoms with Gasteiger partial charge in [-0.1, -0.05) is 11.6 Å². The monoisotopic (exact) mass is 498 g/mol. The fourth-order valence-corrected chi connectivity index (χ4v) is 6.51. The van der Waals surface area contributed by atoms with Crippen LogP contribution in [0.3, 0.4) is 0 Å². The molecule has 0 saturated carbocycles. The van der Waals surface area contributed by atoms with Crippen molar-refractivity contribution in [1.29, 1.82) is 0 Å². The molecule has 10 heteroatoms. The lowest BCUT2D eigenvalue weighted by Crippen LogP contribution is -2.44. The highest BCUT2D eigenvalue weighted by Crippen LogP contribution is 2.33. The Morgan fingerprint density at radius 3 is 2.76 bits per heavy atom. The number of nitrogens with zero attached hydrogens (tertiary/aromatic N) is 4. The Morgan fingerprint density at radius 1 is 1.15 bits per heavy atom. The third kappa shape index (κ3) is 4.04. The van der Waals surface area contributed by atoms with Crippen LogP contribution < -0.4 is 21.8 Å². The Kier molecular flexibility index (Phi) is 5.89. The van der Waals surface area contributed by atoms with E-state index in [1.807, 2.05) is 22.8 Å². The van der Waals surface area contributed by atoms with Crippen LogP contribution in [0.5, 0.6) is 0 Å². The van der Waals surface area contributed by atoms with Crippen LogP contribution in [0, 0.1) is 0 Å². The fraction of sp³-hybridized carbons (Fsp3) is 0.458. The first kappa shape index (κ1) is 22.2. The second-order valence-electron chi connectivity index (χ2n) is 9.25. The number of piperidine rings is 1. The maximum absolute atomic E-state index is 12.6. The Labute approximate surface area is 206 Å². The molecule has 8 nitrogen and oxygen atoms in total. The fourth-order valence-electron chi connectivity index (χ4n) is 5.35. The number of halogens is 1. The maximum Gasteiger partial charge on any atom is 0.252 e. The van der Waals surface area contributed by atoms with Crippen LogP contribution >= 0.6 is 23.4 Å². The topological polar surface area (TPSA) is 84.2 Å². The van der Waals surface area contributed by atoms with Crippen LogP contribution in [0.4, 0.5) is 5.82 Å². The molecule has 0 radical (unpaired) electrons. The summed E-state index contributed by atoms with van der Waals surface area (Å²) in [6.07, 6.45) is 2.05. The zero-order chi connectivity index (χ0) is 23.2. The summed E-state index contributed by atoms with van der Waals surface area (Å²) in [5.41, 5.74) is 1.57. The molecule has 1 saturated heterocycles. The first-order valence-corrected chi connectivity index (χ1v) is 13.2. The number of fused-ring (bicyclic) bond motifs is 1. The van der Waals surface area contributed by atoms with Crippen LogP contribution in [0.1, 0.15) is 24.6 Å². The smallest absolute Gasteiger partial charge is 0.252 e. The van der Waals surface area contributed by atoms with Gasteiger partial charge in [0.1, 0.15) is 11.5 Å². The molecule has 0 aromatic carbocycles. The number of aromatic nitrogens is 3. The van der Waals surface area contributed by atoms with E-state index in [9.17, 15) is 9.59 Å². The molecule has 3 aromatic rings. The van der Waals surface area contributed by atoms with Gasteiger partial charge in [-0.25, -0.2) is 4.98 Å². The molecule has 3 aromatic heterocycles. The number of nitrogens with one attached hydrogen (secondary N) is 2. The molecule has 6 heterocycles. The zero-order valence-electron chi connectivity index (χ0n) is 18.8. The van der Waals surface area contributed by atoms with Gasteiger partial charge in [-0.3, -0.25) is 18.7 Å². The quantitative estimate of drug-likeness (QED) is 0.559. The van der Waals surface area contributed by atoms with Crippen molar-refractivity contribution in [2.45, 2.75) is 42.9 Å². The van der Waals surface area contributed by atoms with Gasteiger partial charge in [-0.15, -0.1) is 11.8 Å². The molecule has 0 spiro atoms. The van der Waals surface area contributed by atoms with Crippen molar-refractivity contribution in [2.75, 3.05) is 37.2 Å². The van der Waals surface area contributed by atoms with Gasteiger partial charge in [0, 0.05) is 55.5 Å². The molecular weight excluding hydrogens is 472 g/mol. The molecule has 0 bridgehead atoms. The summed E-state index contributed by atoms with van der Waals surface area (Å²) < 4.78 is 3.57. The average Bonchev–Trinajstić information content (AvgIpc) is 3.23. The second-order valence-corrected chi connectivity index (χ2v) is 10.8. The molecule has 178 valence electrons. The van der Waals surface area contributed by atoms with Crippen molar-refractivity contribution in [3.05, 3.63) is 61.8 Å². The van der Waals surface area contributed by atoms with Gasteiger partial charge in [0.15, 0.2) is 0 Å². The molecule has 34 heavy (non-hydrogen) atoms. The van der Waals surface area contributed by atoms with Gasteiger partial charge in [0.2, 0.25) is 0 Å². The zero-order valence-corrected chi connectivity index (χ0v) is 20.4. The van der Waals surface area contributed by atoms with Crippen LogP contribution in [0.15, 0.2) is 44.8 Å². The summed E-state index contributed by atoms with van der Waals surface area (Å²) in [5, 5.41) is 8.65. The number of hydrogen-bond donors (Lipinski definition) is 2. The maximum atomic E-state index is 12.6. The highest BCUT2D eigenvalue weighted by Gasteiger charge is 2.29. The lowest BCUT2D eigenvalue weighted by atomic mass is 10.0. The number of likely N-dealkylation sites (tertiary alicyclic amines) is 1. The molecule has 3 aliphatic heterocycles. The van der Waals surface area contributed by atoms with Crippen molar-refractivity contribution < 1.29 is 0 Å². The van der Waals surface area contributed by atoms with Crippen molar-refractivity contribution >= 4 is 40.2 Å². The Morgan fingerprint density at radius 2 is 1.94 bits per heavy atom. The Bertz CT molecular complexity index is 1360. The van der Waals surface area contributed by atoms with Crippen LogP contribution in [-0.2, 0) is 13.1 Å². The number of rotatable bonds is 5. The molecule has 6 rings (SSSR count). The number of pyridine rings is 3. The van der Waals surface area contributed by atoms with E-state index in [0.29, 0.717) is 19.1 Å². The molecule has 1 atom stereocenters. The lowest BCUT2D eigenvalue weighted by Gasteiger charge is -2.34. The third-order valence-corrected chi connectivity index (χ3v) is 8.45. The van der Waals surface area contributed by atoms with Crippen molar-refractivity contribution in [1.82, 2.24) is 24.3 Å². The van der Waals surface area contributed by atoms with Crippen molar-refractivity contribution in [3.8, 4) is 0 Å². The highest BCUT2D eigenvalue weighted by molar-refractivity contribution is 7.99. The molecule has 3 aliphatic rings. The summed E-state index contributed by atoms with van der Waals surface area (Å²) in [6.45, 7) is 4.82. The number of anilines is 1. The Hall–Kier alpha value is -2.33. The van der Waals surface area contributed by atoms with Crippen LogP contribution in [0.25, 0.3) is 11.0 Å². The summed E-state index contributed by atoms with van der Waals surface area (Å²) >= 11 is 8.28. The van der Waals surface area contributed by atoms with Crippen molar-refractivity contribution in [3.63, 3.8) is 0 Å². The van der Waals surface area contributed by atoms with Crippen LogP contribution in [-0.4, -0.2) is 57.0 Å². The summed E-state index contributed by atoms with van der Waals surface area (Å²) in [4.78, 5) is 33.3. The molecular formula is C24H27ClN6O2S. The highest BCUT2D eigenvalue weighted by atomic mass is 35.5. The molecule has 1 fully saturated rings. The number of hydrogen-bond acceptors (Lipinski definition) is 7. The van der Waals surface area contributed by atoms with Gasteiger partial charge < -0.3 is 15.5 Å². The third-order valence-electron chi connectivity index (χ3n) is 7.10. The predicted molar refractivity (Wildman–Crippen MR) is 136 cm³/mol. The largest absolute Gasteiger partial charge is 0.368 e. The standard InChI is InChI=1S/C24H27ClN6O2S/c25-18-11-20-23(26-7-10-34-20)28-19(18)12-27-16-5-8-29(9-6-16)13-17-14-30-21(32)3-1-15-2-4-22(33)31(17)24(15)30/h1-4,11,16-17,27H,5-10,12-14H2,(H,26,28). The predicted octanol–water partition coefficient (Wildman–Crippen LogP) is 2.54. The van der Waals surface area contributed by atoms with E-state index in [-0.39, 0.29) is 17.2 Å². The lowest BCUT2D eigenvalue weighted by molar-refractivity contribution is 0.171. The van der Waals surface area contributed by atoms with Gasteiger partial charge in [0.05, 0.1) is 21.7 Å². The SMILES string of the molecule is O=c1ccc2ccc(=O)n3c2n1CC3CN1CCC(NCc2nc3c(cc2Cl)SCCN3)CC1. The first-order valence-electron chi connectivity index (χ1n) is 11.8. The first-order chi connectivity index (χ1) is 16.6. The van der Waals surface area contributed by atoms with E-state index in [2.05, 4.69) is 15.5 Å². The molecule has 0 aliphatic carbocycles. The average molecular weight is 499 g/mol. The molecule has 0 amide bonds.